The van der Waals surface area contributed by atoms with Crippen LogP contribution in [0.4, 0.5) is 20.4 Å². The van der Waals surface area contributed by atoms with Crippen molar-refractivity contribution in [3.05, 3.63) is 98.3 Å². The number of aliphatic carboxylic acids is 1. The third kappa shape index (κ3) is 6.06. The van der Waals surface area contributed by atoms with Gasteiger partial charge in [-0.2, -0.15) is 0 Å². The Bertz CT molecular complexity index is 2060. The molecule has 12 nitrogen and oxygen atoms in total. The van der Waals surface area contributed by atoms with Crippen molar-refractivity contribution in [3.63, 3.8) is 0 Å². The van der Waals surface area contributed by atoms with Gasteiger partial charge in [0.1, 0.15) is 11.4 Å². The zero-order chi connectivity index (χ0) is 33.4. The molecule has 46 heavy (non-hydrogen) atoms. The van der Waals surface area contributed by atoms with Crippen molar-refractivity contribution in [2.45, 2.75) is 33.4 Å². The summed E-state index contributed by atoms with van der Waals surface area (Å²) >= 11 is -2.80. The van der Waals surface area contributed by atoms with Gasteiger partial charge in [-0.15, -0.1) is 0 Å². The number of amides is 1. The quantitative estimate of drug-likeness (QED) is 0.141. The van der Waals surface area contributed by atoms with E-state index in [1.165, 1.54) is 7.05 Å². The van der Waals surface area contributed by atoms with Crippen LogP contribution in [0.2, 0.25) is 0 Å². The summed E-state index contributed by atoms with van der Waals surface area (Å²) in [5.41, 5.74) is 1.42. The maximum atomic E-state index is 15.7. The van der Waals surface area contributed by atoms with Crippen LogP contribution in [0.15, 0.2) is 53.5 Å². The van der Waals surface area contributed by atoms with Crippen LogP contribution in [0, 0.1) is 32.4 Å². The normalized spacial score (nSPS) is 12.7. The van der Waals surface area contributed by atoms with Gasteiger partial charge in [0.05, 0.1) is 34.2 Å². The van der Waals surface area contributed by atoms with Gasteiger partial charge in [-0.05, 0) is 50.1 Å². The highest BCUT2D eigenvalue weighted by molar-refractivity contribution is 7.80. The fourth-order valence-electron chi connectivity index (χ4n) is 5.58. The smallest absolute Gasteiger partial charge is 0.329 e. The lowest BCUT2D eigenvalue weighted by Gasteiger charge is -2.30. The van der Waals surface area contributed by atoms with E-state index < -0.39 is 63.7 Å². The fourth-order valence-corrected chi connectivity index (χ4v) is 6.40. The highest BCUT2D eigenvalue weighted by Gasteiger charge is 2.33. The number of nitrogens with zero attached hydrogens (tertiary/aromatic N) is 3. The highest BCUT2D eigenvalue weighted by Crippen LogP contribution is 2.29. The van der Waals surface area contributed by atoms with Crippen molar-refractivity contribution in [2.24, 2.45) is 7.05 Å². The molecule has 0 saturated heterocycles. The Morgan fingerprint density at radius 3 is 2.43 bits per heavy atom. The van der Waals surface area contributed by atoms with Crippen molar-refractivity contribution in [3.8, 4) is 0 Å². The zero-order valence-corrected chi connectivity index (χ0v) is 26.0. The van der Waals surface area contributed by atoms with E-state index in [1.807, 2.05) is 13.0 Å². The molecule has 2 unspecified atom stereocenters. The first-order valence-corrected chi connectivity index (χ1v) is 15.0. The van der Waals surface area contributed by atoms with Gasteiger partial charge in [0.2, 0.25) is 11.4 Å². The van der Waals surface area contributed by atoms with E-state index in [4.69, 9.17) is 0 Å². The molecule has 0 spiro atoms. The summed E-state index contributed by atoms with van der Waals surface area (Å²) in [6, 6.07) is 9.75. The number of hydrogen-bond donors (Lipinski definition) is 5. The van der Waals surface area contributed by atoms with Crippen LogP contribution in [0.3, 0.4) is 0 Å². The average molecular weight is 653 g/mol. The van der Waals surface area contributed by atoms with Crippen LogP contribution in [0.1, 0.15) is 32.6 Å². The molecule has 5 rings (SSSR count). The topological polar surface area (TPSA) is 170 Å². The molecule has 2 aromatic heterocycles. The molecular formula is C31H30F2N6O6S. The number of pyridine rings is 1. The predicted molar refractivity (Wildman–Crippen MR) is 170 cm³/mol. The summed E-state index contributed by atoms with van der Waals surface area (Å²) < 4.78 is 55.3. The minimum Gasteiger partial charge on any atom is -0.480 e. The Balaban J connectivity index is 1.42. The first kappa shape index (κ1) is 32.2. The maximum Gasteiger partial charge on any atom is 0.329 e. The van der Waals surface area contributed by atoms with Gasteiger partial charge >= 0.3 is 5.97 Å². The number of fused-ring (bicyclic) bond motifs is 2. The number of carbonyl (C=O) groups is 2. The van der Waals surface area contributed by atoms with E-state index in [1.54, 1.807) is 44.2 Å². The van der Waals surface area contributed by atoms with Gasteiger partial charge in [0.25, 0.3) is 17.2 Å². The van der Waals surface area contributed by atoms with Gasteiger partial charge < -0.3 is 25.3 Å². The molecule has 0 saturated carbocycles. The second-order valence-electron chi connectivity index (χ2n) is 10.9. The number of carbonyl (C=O) groups excluding carboxylic acids is 1. The van der Waals surface area contributed by atoms with Gasteiger partial charge in [0.15, 0.2) is 11.9 Å². The molecule has 0 aliphatic heterocycles. The molecule has 240 valence electrons. The maximum absolute atomic E-state index is 15.7. The Morgan fingerprint density at radius 2 is 1.80 bits per heavy atom. The minimum atomic E-state index is -2.80. The minimum absolute atomic E-state index is 0.200. The number of rotatable bonds is 10. The van der Waals surface area contributed by atoms with Gasteiger partial charge in [0, 0.05) is 25.4 Å². The van der Waals surface area contributed by atoms with E-state index in [9.17, 15) is 28.3 Å². The first-order valence-electron chi connectivity index (χ1n) is 14.0. The lowest BCUT2D eigenvalue weighted by molar-refractivity contribution is -0.138. The van der Waals surface area contributed by atoms with Gasteiger partial charge in [-0.3, -0.25) is 18.4 Å². The monoisotopic (exact) mass is 652 g/mol. The molecule has 0 aliphatic carbocycles. The van der Waals surface area contributed by atoms with Crippen LogP contribution in [-0.2, 0) is 29.7 Å². The van der Waals surface area contributed by atoms with Gasteiger partial charge in [-0.1, -0.05) is 29.8 Å². The van der Waals surface area contributed by atoms with Crippen LogP contribution >= 0.6 is 0 Å². The molecule has 5 N–H and O–H groups in total. The summed E-state index contributed by atoms with van der Waals surface area (Å²) in [7, 11) is 1.37. The van der Waals surface area contributed by atoms with Crippen molar-refractivity contribution in [1.82, 2.24) is 19.9 Å². The number of aryl methyl sites for hydroxylation is 4. The van der Waals surface area contributed by atoms with E-state index >= 15 is 8.78 Å². The fraction of sp³-hybridized carbons (Fsp3) is 0.226. The molecule has 2 atom stereocenters. The summed E-state index contributed by atoms with van der Waals surface area (Å²) in [5, 5.41) is 14.7. The number of carboxylic acid groups (broad SMARTS) is 1. The van der Waals surface area contributed by atoms with Crippen molar-refractivity contribution < 1.29 is 32.2 Å². The number of H-pyrrole nitrogens is 1. The van der Waals surface area contributed by atoms with Crippen LogP contribution in [0.5, 0.6) is 0 Å². The number of carboxylic acids is 1. The van der Waals surface area contributed by atoms with Crippen LogP contribution in [0.25, 0.3) is 21.9 Å². The molecule has 0 radical (unpaired) electrons. The molecule has 3 aromatic carbocycles. The van der Waals surface area contributed by atoms with Crippen LogP contribution < -0.4 is 20.4 Å². The molecule has 1 amide bonds. The zero-order valence-electron chi connectivity index (χ0n) is 25.1. The van der Waals surface area contributed by atoms with E-state index in [0.717, 1.165) is 32.2 Å². The van der Waals surface area contributed by atoms with Crippen molar-refractivity contribution in [2.75, 3.05) is 16.2 Å². The SMILES string of the molecule is Cc1cc(C)c(N(C(CNC(=O)c2cn(C)c3c(F)c(CNc4nc5ccccc5[nH]4)c(F)cc3c2=O)C(=O)O)S(=O)O)c(C)c1. The standard InChI is InChI=1S/C31H30F2N6O6S/c1-15-9-16(2)26(17(3)10-15)39(46(44)45)24(30(42)43)13-34-29(41)20-14-38(4)27-18(28(20)40)11-21(32)19(25(27)33)12-35-31-36-22-7-5-6-8-23(22)37-31/h5-11,14,24H,12-13H2,1-4H3,(H,34,41)(H,42,43)(H,44,45)(H2,35,36,37). The number of benzene rings is 3. The number of halogens is 2. The second kappa shape index (κ2) is 12.7. The Kier molecular flexibility index (Phi) is 8.90. The summed E-state index contributed by atoms with van der Waals surface area (Å²) in [5.74, 6) is -4.30. The van der Waals surface area contributed by atoms with E-state index in [-0.39, 0.29) is 29.3 Å². The summed E-state index contributed by atoms with van der Waals surface area (Å²) in [6.45, 7) is 4.15. The number of imidazole rings is 1. The van der Waals surface area contributed by atoms with Crippen molar-refractivity contribution >= 4 is 56.7 Å². The Labute approximate surface area is 263 Å². The van der Waals surface area contributed by atoms with E-state index in [0.29, 0.717) is 16.6 Å². The predicted octanol–water partition coefficient (Wildman–Crippen LogP) is 4.06. The van der Waals surface area contributed by atoms with Gasteiger partial charge in [-0.25, -0.2) is 22.8 Å². The second-order valence-corrected chi connectivity index (χ2v) is 11.7. The molecule has 2 heterocycles. The largest absolute Gasteiger partial charge is 0.480 e. The third-order valence-corrected chi connectivity index (χ3v) is 8.34. The molecule has 0 fully saturated rings. The van der Waals surface area contributed by atoms with E-state index in [2.05, 4.69) is 20.6 Å². The number of nitrogens with one attached hydrogen (secondary N) is 3. The Hall–Kier alpha value is -5.15. The highest BCUT2D eigenvalue weighted by atomic mass is 32.2. The molecule has 0 bridgehead atoms. The number of hydrogen-bond acceptors (Lipinski definition) is 6. The number of anilines is 2. The summed E-state index contributed by atoms with van der Waals surface area (Å²) in [6.07, 6.45) is 1.06. The molecule has 0 aliphatic rings. The van der Waals surface area contributed by atoms with Crippen molar-refractivity contribution in [1.29, 1.82) is 0 Å². The Morgan fingerprint density at radius 1 is 1.13 bits per heavy atom. The molecule has 15 heteroatoms. The lowest BCUT2D eigenvalue weighted by Crippen LogP contribution is -2.50. The lowest BCUT2D eigenvalue weighted by atomic mass is 10.0. The number of para-hydroxylation sites is 2. The average Bonchev–Trinajstić information content (AvgIpc) is 3.40. The number of aromatic amines is 1. The first-order chi connectivity index (χ1) is 21.8. The summed E-state index contributed by atoms with van der Waals surface area (Å²) in [4.78, 5) is 46.1. The molecule has 5 aromatic rings. The van der Waals surface area contributed by atoms with Crippen LogP contribution in [-0.4, -0.2) is 52.9 Å². The number of aromatic nitrogens is 3. The molecular weight excluding hydrogens is 622 g/mol. The third-order valence-electron chi connectivity index (χ3n) is 7.57.